The molecule has 0 saturated heterocycles. The van der Waals surface area contributed by atoms with Gasteiger partial charge in [-0.25, -0.2) is 13.2 Å². The van der Waals surface area contributed by atoms with Crippen molar-refractivity contribution in [3.63, 3.8) is 0 Å². The van der Waals surface area contributed by atoms with Crippen LogP contribution in [0.2, 0.25) is 0 Å². The topological polar surface area (TPSA) is 63.7 Å². The highest BCUT2D eigenvalue weighted by Gasteiger charge is 2.44. The summed E-state index contributed by atoms with van der Waals surface area (Å²) in [6, 6.07) is 6.42. The van der Waals surface area contributed by atoms with E-state index >= 15 is 0 Å². The minimum atomic E-state index is -5.27. The highest BCUT2D eigenvalue weighted by atomic mass is 32.2. The van der Waals surface area contributed by atoms with Gasteiger partial charge < -0.3 is 4.84 Å². The van der Waals surface area contributed by atoms with Crippen molar-refractivity contribution in [1.29, 1.82) is 0 Å². The third kappa shape index (κ3) is 4.18. The molecule has 1 atom stereocenters. The number of nitrogens with zero attached hydrogens (tertiary/aromatic N) is 1. The second-order valence-electron chi connectivity index (χ2n) is 4.38. The standard InChI is InChI=1S/C12H14F3NO4S/c1-8-4-6-10(7-5-8)9(2)21(18,19)16(3)20-11(17)12(13,14)15/h4-7,9H,1-3H3. The van der Waals surface area contributed by atoms with Crippen LogP contribution in [0.3, 0.4) is 0 Å². The highest BCUT2D eigenvalue weighted by Crippen LogP contribution is 2.26. The van der Waals surface area contributed by atoms with E-state index in [0.29, 0.717) is 5.56 Å². The number of rotatable bonds is 4. The lowest BCUT2D eigenvalue weighted by Gasteiger charge is -2.21. The molecule has 0 aromatic heterocycles. The van der Waals surface area contributed by atoms with E-state index in [9.17, 15) is 26.4 Å². The van der Waals surface area contributed by atoms with E-state index in [2.05, 4.69) is 4.84 Å². The first-order chi connectivity index (χ1) is 9.46. The SMILES string of the molecule is Cc1ccc(C(C)S(=O)(=O)N(C)OC(=O)C(F)(F)F)cc1. The Morgan fingerprint density at radius 1 is 1.24 bits per heavy atom. The molecular weight excluding hydrogens is 311 g/mol. The fourth-order valence-electron chi connectivity index (χ4n) is 1.45. The van der Waals surface area contributed by atoms with Crippen molar-refractivity contribution < 1.29 is 31.2 Å². The molecule has 5 nitrogen and oxygen atoms in total. The summed E-state index contributed by atoms with van der Waals surface area (Å²) in [5.74, 6) is -2.59. The van der Waals surface area contributed by atoms with Gasteiger partial charge in [0.25, 0.3) is 10.0 Å². The van der Waals surface area contributed by atoms with Gasteiger partial charge in [-0.3, -0.25) is 0 Å². The van der Waals surface area contributed by atoms with Crippen LogP contribution >= 0.6 is 0 Å². The number of hydroxylamine groups is 1. The summed E-state index contributed by atoms with van der Waals surface area (Å²) in [4.78, 5) is 14.5. The van der Waals surface area contributed by atoms with Crippen LogP contribution in [0, 0.1) is 6.92 Å². The number of carbonyl (C=O) groups is 1. The zero-order valence-electron chi connectivity index (χ0n) is 11.5. The molecule has 0 N–H and O–H groups in total. The Morgan fingerprint density at radius 3 is 2.14 bits per heavy atom. The number of benzene rings is 1. The molecule has 9 heteroatoms. The molecular formula is C12H14F3NO4S. The molecule has 0 aliphatic carbocycles. The molecule has 0 bridgehead atoms. The van der Waals surface area contributed by atoms with Crippen molar-refractivity contribution in [3.8, 4) is 0 Å². The zero-order valence-corrected chi connectivity index (χ0v) is 12.3. The van der Waals surface area contributed by atoms with Crippen LogP contribution in [0.15, 0.2) is 24.3 Å². The van der Waals surface area contributed by atoms with E-state index in [0.717, 1.165) is 12.6 Å². The molecule has 1 aromatic carbocycles. The van der Waals surface area contributed by atoms with Gasteiger partial charge in [-0.15, -0.1) is 0 Å². The summed E-state index contributed by atoms with van der Waals surface area (Å²) in [5, 5.41) is -1.16. The van der Waals surface area contributed by atoms with Gasteiger partial charge in [-0.1, -0.05) is 29.8 Å². The quantitative estimate of drug-likeness (QED) is 0.797. The molecule has 0 fully saturated rings. The normalized spacial score (nSPS) is 14.0. The second-order valence-corrected chi connectivity index (χ2v) is 6.64. The van der Waals surface area contributed by atoms with Crippen LogP contribution < -0.4 is 0 Å². The molecule has 0 radical (unpaired) electrons. The van der Waals surface area contributed by atoms with E-state index in [1.807, 2.05) is 0 Å². The molecule has 0 heterocycles. The van der Waals surface area contributed by atoms with Crippen LogP contribution in [0.4, 0.5) is 13.2 Å². The largest absolute Gasteiger partial charge is 0.492 e. The zero-order chi connectivity index (χ0) is 16.4. The number of alkyl halides is 3. The molecule has 1 aromatic rings. The maximum absolute atomic E-state index is 12.1. The fourth-order valence-corrected chi connectivity index (χ4v) is 2.57. The molecule has 0 spiro atoms. The predicted octanol–water partition coefficient (Wildman–Crippen LogP) is 2.34. The van der Waals surface area contributed by atoms with E-state index in [4.69, 9.17) is 0 Å². The summed E-state index contributed by atoms with van der Waals surface area (Å²) in [6.45, 7) is 3.10. The summed E-state index contributed by atoms with van der Waals surface area (Å²) >= 11 is 0. The minimum absolute atomic E-state index is 0.0622. The minimum Gasteiger partial charge on any atom is -0.346 e. The average Bonchev–Trinajstić information content (AvgIpc) is 2.37. The Morgan fingerprint density at radius 2 is 1.71 bits per heavy atom. The molecule has 1 unspecified atom stereocenters. The number of halogens is 3. The second kappa shape index (κ2) is 6.02. The molecule has 0 amide bonds. The Bertz CT molecular complexity index is 610. The van der Waals surface area contributed by atoms with Gasteiger partial charge >= 0.3 is 12.1 Å². The Labute approximate surface area is 120 Å². The first kappa shape index (κ1) is 17.4. The summed E-state index contributed by atoms with van der Waals surface area (Å²) in [7, 11) is -3.53. The molecule has 21 heavy (non-hydrogen) atoms. The Kier molecular flexibility index (Phi) is 5.00. The number of hydrogen-bond donors (Lipinski definition) is 0. The smallest absolute Gasteiger partial charge is 0.346 e. The number of carbonyl (C=O) groups excluding carboxylic acids is 1. The van der Waals surface area contributed by atoms with Crippen LogP contribution in [0.5, 0.6) is 0 Å². The maximum atomic E-state index is 12.1. The van der Waals surface area contributed by atoms with Gasteiger partial charge in [0.1, 0.15) is 5.25 Å². The highest BCUT2D eigenvalue weighted by molar-refractivity contribution is 7.89. The van der Waals surface area contributed by atoms with E-state index in [1.54, 1.807) is 19.1 Å². The number of aryl methyl sites for hydroxylation is 1. The van der Waals surface area contributed by atoms with Gasteiger partial charge in [0.15, 0.2) is 0 Å². The molecule has 0 aliphatic heterocycles. The lowest BCUT2D eigenvalue weighted by atomic mass is 10.1. The molecule has 118 valence electrons. The molecule has 0 saturated carbocycles. The van der Waals surface area contributed by atoms with Gasteiger partial charge in [-0.05, 0) is 23.9 Å². The van der Waals surface area contributed by atoms with Crippen molar-refractivity contribution in [3.05, 3.63) is 35.4 Å². The lowest BCUT2D eigenvalue weighted by Crippen LogP contribution is -2.37. The van der Waals surface area contributed by atoms with Crippen LogP contribution in [-0.2, 0) is 19.7 Å². The Hall–Kier alpha value is -1.61. The third-order valence-corrected chi connectivity index (χ3v) is 4.75. The monoisotopic (exact) mass is 325 g/mol. The van der Waals surface area contributed by atoms with Crippen molar-refractivity contribution in [1.82, 2.24) is 4.47 Å². The van der Waals surface area contributed by atoms with Crippen LogP contribution in [-0.4, -0.2) is 32.1 Å². The van der Waals surface area contributed by atoms with Crippen molar-refractivity contribution in [2.24, 2.45) is 0 Å². The van der Waals surface area contributed by atoms with Crippen molar-refractivity contribution >= 4 is 16.0 Å². The first-order valence-corrected chi connectivity index (χ1v) is 7.30. The summed E-state index contributed by atoms with van der Waals surface area (Å²) < 4.78 is 60.3. The summed E-state index contributed by atoms with van der Waals surface area (Å²) in [5.41, 5.74) is 1.27. The van der Waals surface area contributed by atoms with Gasteiger partial charge in [0, 0.05) is 7.05 Å². The van der Waals surface area contributed by atoms with Crippen molar-refractivity contribution in [2.75, 3.05) is 7.05 Å². The first-order valence-electron chi connectivity index (χ1n) is 5.79. The molecule has 0 aliphatic rings. The van der Waals surface area contributed by atoms with Gasteiger partial charge in [0.2, 0.25) is 0 Å². The van der Waals surface area contributed by atoms with Crippen LogP contribution in [0.25, 0.3) is 0 Å². The fraction of sp³-hybridized carbons (Fsp3) is 0.417. The average molecular weight is 325 g/mol. The van der Waals surface area contributed by atoms with Crippen molar-refractivity contribution in [2.45, 2.75) is 25.3 Å². The van der Waals surface area contributed by atoms with E-state index in [-0.39, 0.29) is 4.47 Å². The van der Waals surface area contributed by atoms with Gasteiger partial charge in [0.05, 0.1) is 0 Å². The predicted molar refractivity (Wildman–Crippen MR) is 68.4 cm³/mol. The summed E-state index contributed by atoms with van der Waals surface area (Å²) in [6.07, 6.45) is -5.27. The van der Waals surface area contributed by atoms with E-state index in [1.165, 1.54) is 19.1 Å². The van der Waals surface area contributed by atoms with Crippen LogP contribution in [0.1, 0.15) is 23.3 Å². The van der Waals surface area contributed by atoms with E-state index < -0.39 is 27.4 Å². The Balaban J connectivity index is 2.94. The number of hydrogen-bond acceptors (Lipinski definition) is 4. The molecule has 1 rings (SSSR count). The maximum Gasteiger partial charge on any atom is 0.492 e. The lowest BCUT2D eigenvalue weighted by molar-refractivity contribution is -0.220. The third-order valence-electron chi connectivity index (χ3n) is 2.79. The van der Waals surface area contributed by atoms with Gasteiger partial charge in [-0.2, -0.15) is 13.2 Å². The number of sulfonamides is 1.